The van der Waals surface area contributed by atoms with Gasteiger partial charge in [0.2, 0.25) is 5.95 Å². The minimum atomic E-state index is 0.523. The maximum atomic E-state index is 5.49. The van der Waals surface area contributed by atoms with Crippen LogP contribution in [0.25, 0.3) is 11.3 Å². The Balaban J connectivity index is 2.05. The first-order valence-corrected chi connectivity index (χ1v) is 6.68. The first-order valence-electron chi connectivity index (χ1n) is 6.68. The number of fused-ring (bicyclic) bond motifs is 3. The third kappa shape index (κ3) is 2.19. The molecule has 3 N–H and O–H groups in total. The van der Waals surface area contributed by atoms with Crippen molar-refractivity contribution in [3.05, 3.63) is 41.6 Å². The lowest BCUT2D eigenvalue weighted by molar-refractivity contribution is 0.740. The van der Waals surface area contributed by atoms with Crippen molar-refractivity contribution >= 4 is 5.95 Å². The fraction of sp³-hybridized carbons (Fsp3) is 0.333. The molecule has 19 heavy (non-hydrogen) atoms. The maximum Gasteiger partial charge on any atom is 0.223 e. The van der Waals surface area contributed by atoms with E-state index in [1.165, 1.54) is 16.7 Å². The molecule has 3 rings (SSSR count). The van der Waals surface area contributed by atoms with Gasteiger partial charge in [0.25, 0.3) is 0 Å². The van der Waals surface area contributed by atoms with Gasteiger partial charge in [-0.3, -0.25) is 0 Å². The molecule has 4 heteroatoms. The molecule has 4 nitrogen and oxygen atoms in total. The van der Waals surface area contributed by atoms with Crippen LogP contribution in [0.5, 0.6) is 0 Å². The number of nitrogens with two attached hydrogens (primary N) is 1. The number of hydrogen-bond acceptors (Lipinski definition) is 4. The normalized spacial score (nSPS) is 16.6. The van der Waals surface area contributed by atoms with Crippen molar-refractivity contribution in [2.45, 2.75) is 19.3 Å². The highest BCUT2D eigenvalue weighted by molar-refractivity contribution is 5.71. The molecule has 0 saturated heterocycles. The standard InChI is InChI=1S/C15H18N4/c1-10-8-11-9-18-15(17-7-6-16)19-14(11)13-5-3-2-4-12(10)13/h2-5,9-10H,6-8,16H2,1H3,(H,17,18,19). The zero-order valence-electron chi connectivity index (χ0n) is 11.1. The number of benzene rings is 1. The van der Waals surface area contributed by atoms with E-state index < -0.39 is 0 Å². The van der Waals surface area contributed by atoms with Gasteiger partial charge in [-0.25, -0.2) is 9.97 Å². The summed E-state index contributed by atoms with van der Waals surface area (Å²) in [6, 6.07) is 8.49. The molecule has 1 aromatic heterocycles. The lowest BCUT2D eigenvalue weighted by Crippen LogP contribution is -2.16. The summed E-state index contributed by atoms with van der Waals surface area (Å²) in [4.78, 5) is 9.01. The highest BCUT2D eigenvalue weighted by atomic mass is 15.1. The van der Waals surface area contributed by atoms with Gasteiger partial charge in [-0.2, -0.15) is 0 Å². The zero-order valence-corrected chi connectivity index (χ0v) is 11.1. The Morgan fingerprint density at radius 2 is 2.21 bits per heavy atom. The van der Waals surface area contributed by atoms with Gasteiger partial charge in [-0.05, 0) is 23.5 Å². The van der Waals surface area contributed by atoms with Crippen molar-refractivity contribution in [2.24, 2.45) is 5.73 Å². The second kappa shape index (κ2) is 4.97. The van der Waals surface area contributed by atoms with Crippen LogP contribution in [0.15, 0.2) is 30.5 Å². The Bertz CT molecular complexity index is 594. The van der Waals surface area contributed by atoms with Crippen LogP contribution in [0.1, 0.15) is 24.0 Å². The molecule has 1 aliphatic carbocycles. The largest absolute Gasteiger partial charge is 0.353 e. The van der Waals surface area contributed by atoms with E-state index in [-0.39, 0.29) is 0 Å². The van der Waals surface area contributed by atoms with Gasteiger partial charge in [0, 0.05) is 24.8 Å². The van der Waals surface area contributed by atoms with Crippen molar-refractivity contribution in [2.75, 3.05) is 18.4 Å². The summed E-state index contributed by atoms with van der Waals surface area (Å²) in [6.45, 7) is 3.52. The first kappa shape index (κ1) is 12.1. The molecule has 0 saturated carbocycles. The molecule has 2 aromatic rings. The minimum absolute atomic E-state index is 0.523. The van der Waals surface area contributed by atoms with E-state index in [0.717, 1.165) is 12.1 Å². The molecular weight excluding hydrogens is 236 g/mol. The topological polar surface area (TPSA) is 63.8 Å². The van der Waals surface area contributed by atoms with E-state index in [9.17, 15) is 0 Å². The summed E-state index contributed by atoms with van der Waals surface area (Å²) in [5.41, 5.74) is 10.4. The van der Waals surface area contributed by atoms with Gasteiger partial charge in [-0.15, -0.1) is 0 Å². The highest BCUT2D eigenvalue weighted by Gasteiger charge is 2.22. The van der Waals surface area contributed by atoms with Crippen molar-refractivity contribution in [3.8, 4) is 11.3 Å². The number of nitrogens with zero attached hydrogens (tertiary/aromatic N) is 2. The Morgan fingerprint density at radius 1 is 1.37 bits per heavy atom. The molecule has 1 unspecified atom stereocenters. The maximum absolute atomic E-state index is 5.49. The summed E-state index contributed by atoms with van der Waals surface area (Å²) in [5.74, 6) is 1.18. The van der Waals surface area contributed by atoms with Gasteiger partial charge in [0.15, 0.2) is 0 Å². The first-order chi connectivity index (χ1) is 9.29. The van der Waals surface area contributed by atoms with E-state index in [0.29, 0.717) is 25.0 Å². The zero-order chi connectivity index (χ0) is 13.2. The van der Waals surface area contributed by atoms with Gasteiger partial charge in [0.1, 0.15) is 0 Å². The lowest BCUT2D eigenvalue weighted by Gasteiger charge is -2.24. The van der Waals surface area contributed by atoms with Gasteiger partial charge in [-0.1, -0.05) is 31.2 Å². The van der Waals surface area contributed by atoms with E-state index in [1.807, 2.05) is 6.20 Å². The second-order valence-electron chi connectivity index (χ2n) is 4.98. The molecular formula is C15H18N4. The molecule has 0 aliphatic heterocycles. The lowest BCUT2D eigenvalue weighted by atomic mass is 9.83. The van der Waals surface area contributed by atoms with Crippen LogP contribution in [0.4, 0.5) is 5.95 Å². The SMILES string of the molecule is CC1Cc2cnc(NCCN)nc2-c2ccccc21. The smallest absolute Gasteiger partial charge is 0.223 e. The Hall–Kier alpha value is -1.94. The van der Waals surface area contributed by atoms with Crippen molar-refractivity contribution in [1.29, 1.82) is 0 Å². The second-order valence-corrected chi connectivity index (χ2v) is 4.98. The summed E-state index contributed by atoms with van der Waals surface area (Å²) in [5, 5.41) is 3.14. The van der Waals surface area contributed by atoms with Crippen LogP contribution >= 0.6 is 0 Å². The summed E-state index contributed by atoms with van der Waals surface area (Å²) >= 11 is 0. The summed E-state index contributed by atoms with van der Waals surface area (Å²) in [7, 11) is 0. The highest BCUT2D eigenvalue weighted by Crippen LogP contribution is 2.38. The predicted molar refractivity (Wildman–Crippen MR) is 77.1 cm³/mol. The van der Waals surface area contributed by atoms with Crippen LogP contribution in [-0.4, -0.2) is 23.1 Å². The molecule has 0 radical (unpaired) electrons. The van der Waals surface area contributed by atoms with Crippen molar-refractivity contribution in [1.82, 2.24) is 9.97 Å². The Kier molecular flexibility index (Phi) is 3.17. The molecule has 0 spiro atoms. The molecule has 98 valence electrons. The fourth-order valence-corrected chi connectivity index (χ4v) is 2.64. The summed E-state index contributed by atoms with van der Waals surface area (Å²) < 4.78 is 0. The molecule has 0 fully saturated rings. The molecule has 1 aliphatic rings. The van der Waals surface area contributed by atoms with Crippen LogP contribution in [0.3, 0.4) is 0 Å². The average Bonchev–Trinajstić information content (AvgIpc) is 2.46. The van der Waals surface area contributed by atoms with Crippen molar-refractivity contribution in [3.63, 3.8) is 0 Å². The number of rotatable bonds is 3. The third-order valence-electron chi connectivity index (χ3n) is 3.56. The van der Waals surface area contributed by atoms with E-state index in [2.05, 4.69) is 46.5 Å². The van der Waals surface area contributed by atoms with E-state index >= 15 is 0 Å². The van der Waals surface area contributed by atoms with Gasteiger partial charge in [0.05, 0.1) is 5.69 Å². The monoisotopic (exact) mass is 254 g/mol. The quantitative estimate of drug-likeness (QED) is 0.881. The fourth-order valence-electron chi connectivity index (χ4n) is 2.64. The number of hydrogen-bond donors (Lipinski definition) is 2. The van der Waals surface area contributed by atoms with Crippen LogP contribution in [0, 0.1) is 0 Å². The molecule has 1 aromatic carbocycles. The van der Waals surface area contributed by atoms with Crippen LogP contribution in [-0.2, 0) is 6.42 Å². The van der Waals surface area contributed by atoms with Crippen molar-refractivity contribution < 1.29 is 0 Å². The van der Waals surface area contributed by atoms with E-state index in [4.69, 9.17) is 5.73 Å². The Morgan fingerprint density at radius 3 is 3.05 bits per heavy atom. The third-order valence-corrected chi connectivity index (χ3v) is 3.56. The molecule has 0 bridgehead atoms. The number of anilines is 1. The summed E-state index contributed by atoms with van der Waals surface area (Å²) in [6.07, 6.45) is 2.94. The van der Waals surface area contributed by atoms with Crippen LogP contribution in [0.2, 0.25) is 0 Å². The number of nitrogens with one attached hydrogen (secondary N) is 1. The number of aromatic nitrogens is 2. The van der Waals surface area contributed by atoms with Gasteiger partial charge >= 0.3 is 0 Å². The van der Waals surface area contributed by atoms with Crippen LogP contribution < -0.4 is 11.1 Å². The minimum Gasteiger partial charge on any atom is -0.353 e. The molecule has 1 atom stereocenters. The Labute approximate surface area is 113 Å². The molecule has 0 amide bonds. The van der Waals surface area contributed by atoms with Gasteiger partial charge < -0.3 is 11.1 Å². The molecule has 1 heterocycles. The van der Waals surface area contributed by atoms with E-state index in [1.54, 1.807) is 0 Å². The predicted octanol–water partition coefficient (Wildman–Crippen LogP) is 2.17. The average molecular weight is 254 g/mol.